The molecule has 0 radical (unpaired) electrons. The maximum absolute atomic E-state index is 12.6. The summed E-state index contributed by atoms with van der Waals surface area (Å²) >= 11 is -1.27. The van der Waals surface area contributed by atoms with Crippen molar-refractivity contribution in [1.82, 2.24) is 0 Å². The van der Waals surface area contributed by atoms with E-state index in [1.807, 2.05) is 17.6 Å². The number of hydrogen-bond acceptors (Lipinski definition) is 5. The van der Waals surface area contributed by atoms with Crippen molar-refractivity contribution in [1.29, 1.82) is 0 Å². The quantitative estimate of drug-likeness (QED) is 0.156. The van der Waals surface area contributed by atoms with Crippen LogP contribution in [0.2, 0.25) is 0 Å². The van der Waals surface area contributed by atoms with Crippen LogP contribution in [-0.2, 0) is 9.84 Å². The molecule has 1 aliphatic rings. The van der Waals surface area contributed by atoms with E-state index in [0.29, 0.717) is 0 Å². The molecule has 0 aromatic rings. The molecule has 0 aromatic carbocycles. The van der Waals surface area contributed by atoms with Crippen LogP contribution in [0, 0.1) is 0 Å². The maximum atomic E-state index is 12.6. The Hall–Kier alpha value is -0.444. The third-order valence-electron chi connectivity index (χ3n) is 5.70. The fourth-order valence-corrected chi connectivity index (χ4v) is 8.82. The van der Waals surface area contributed by atoms with E-state index in [1.165, 1.54) is 63.9 Å². The van der Waals surface area contributed by atoms with Crippen molar-refractivity contribution in [2.75, 3.05) is 0 Å². The first-order valence-corrected chi connectivity index (χ1v) is 16.0. The van der Waals surface area contributed by atoms with Crippen LogP contribution in [0.1, 0.15) is 90.9 Å². The Morgan fingerprint density at radius 3 is 2.03 bits per heavy atom. The topological polar surface area (TPSA) is 101 Å². The molecule has 7 heteroatoms. The molecule has 5 nitrogen and oxygen atoms in total. The third kappa shape index (κ3) is 11.3. The summed E-state index contributed by atoms with van der Waals surface area (Å²) in [5.41, 5.74) is 5.11. The van der Waals surface area contributed by atoms with Gasteiger partial charge in [0.1, 0.15) is 0 Å². The van der Waals surface area contributed by atoms with Gasteiger partial charge in [0, 0.05) is 0 Å². The van der Waals surface area contributed by atoms with E-state index in [2.05, 4.69) is 6.92 Å². The van der Waals surface area contributed by atoms with Gasteiger partial charge in [0.25, 0.3) is 0 Å². The first kappa shape index (κ1) is 28.6. The van der Waals surface area contributed by atoms with Crippen molar-refractivity contribution in [3.8, 4) is 0 Å². The predicted molar refractivity (Wildman–Crippen MR) is 133 cm³/mol. The zero-order valence-corrected chi connectivity index (χ0v) is 22.6. The Bertz CT molecular complexity index is 728. The van der Waals surface area contributed by atoms with Crippen LogP contribution >= 0.6 is 0 Å². The molecule has 4 N–H and O–H groups in total. The van der Waals surface area contributed by atoms with Crippen LogP contribution in [0.3, 0.4) is 0 Å². The number of rotatable bonds is 17. The Morgan fingerprint density at radius 1 is 0.968 bits per heavy atom. The van der Waals surface area contributed by atoms with Crippen LogP contribution in [0.25, 0.3) is 0 Å². The molecule has 0 fully saturated rings. The Balaban J connectivity index is 2.23. The summed E-state index contributed by atoms with van der Waals surface area (Å²) in [6, 6.07) is -1.26. The number of allylic oxidation sites excluding steroid dienone is 3. The Kier molecular flexibility index (Phi) is 15.0. The van der Waals surface area contributed by atoms with Gasteiger partial charge in [0.05, 0.1) is 0 Å². The number of sulfone groups is 1. The van der Waals surface area contributed by atoms with Gasteiger partial charge in [-0.25, -0.2) is 0 Å². The normalized spacial score (nSPS) is 17.2. The fraction of sp³-hybridized carbons (Fsp3) is 0.708. The average molecular weight is 510 g/mol. The summed E-state index contributed by atoms with van der Waals surface area (Å²) in [4.78, 5) is 0. The van der Waals surface area contributed by atoms with Gasteiger partial charge < -0.3 is 0 Å². The number of hydrogen-bond donors (Lipinski definition) is 3. The van der Waals surface area contributed by atoms with Crippen molar-refractivity contribution < 1.29 is 18.6 Å². The molecule has 0 spiro atoms. The number of unbranched alkanes of at least 4 members (excludes halogenated alkanes) is 11. The van der Waals surface area contributed by atoms with Gasteiger partial charge in [0.15, 0.2) is 0 Å². The molecule has 0 aromatic heterocycles. The van der Waals surface area contributed by atoms with E-state index in [4.69, 9.17) is 5.73 Å². The van der Waals surface area contributed by atoms with Crippen LogP contribution in [0.4, 0.5) is 0 Å². The molecule has 0 amide bonds. The van der Waals surface area contributed by atoms with Crippen molar-refractivity contribution >= 4 is 30.2 Å². The molecule has 1 unspecified atom stereocenters. The Morgan fingerprint density at radius 2 is 1.52 bits per heavy atom. The SMILES string of the molecule is CCCCCCCCCCCCC/C=C/[C@@H](O)[C@@H](N)C(O)S(=O)(=O)[C]1=[Ga][CH]=C(C)C=C1. The van der Waals surface area contributed by atoms with E-state index in [9.17, 15) is 18.6 Å². The van der Waals surface area contributed by atoms with E-state index >= 15 is 0 Å². The molecule has 176 valence electrons. The summed E-state index contributed by atoms with van der Waals surface area (Å²) in [5, 5.41) is 20.5. The van der Waals surface area contributed by atoms with Gasteiger partial charge in [0.2, 0.25) is 0 Å². The van der Waals surface area contributed by atoms with Crippen molar-refractivity contribution in [3.05, 3.63) is 34.5 Å². The minimum absolute atomic E-state index is 0.280. The van der Waals surface area contributed by atoms with Gasteiger partial charge in [-0.3, -0.25) is 0 Å². The van der Waals surface area contributed by atoms with Gasteiger partial charge in [-0.1, -0.05) is 51.9 Å². The van der Waals surface area contributed by atoms with E-state index in [0.717, 1.165) is 24.8 Å². The van der Waals surface area contributed by atoms with Crippen LogP contribution in [0.15, 0.2) is 34.5 Å². The van der Waals surface area contributed by atoms with Gasteiger partial charge in [-0.05, 0) is 0 Å². The number of aliphatic hydroxyl groups is 2. The number of nitrogens with two attached hydrogens (primary N) is 1. The summed E-state index contributed by atoms with van der Waals surface area (Å²) in [5.74, 6) is 0. The molecule has 3 atom stereocenters. The summed E-state index contributed by atoms with van der Waals surface area (Å²) in [6.45, 7) is 4.16. The molecular weight excluding hydrogens is 468 g/mol. The second-order valence-electron chi connectivity index (χ2n) is 8.57. The second-order valence-corrected chi connectivity index (χ2v) is 14.2. The van der Waals surface area contributed by atoms with Gasteiger partial charge in [-0.15, -0.1) is 0 Å². The first-order valence-electron chi connectivity index (χ1n) is 11.9. The van der Waals surface area contributed by atoms with Crippen molar-refractivity contribution in [2.45, 2.75) is 108 Å². The van der Waals surface area contributed by atoms with Crippen LogP contribution in [-0.4, -0.2) is 56.6 Å². The summed E-state index contributed by atoms with van der Waals surface area (Å²) in [7, 11) is -3.90. The summed E-state index contributed by atoms with van der Waals surface area (Å²) < 4.78 is 27.4. The average Bonchev–Trinajstić information content (AvgIpc) is 2.76. The first-order chi connectivity index (χ1) is 14.8. The van der Waals surface area contributed by atoms with E-state index < -0.39 is 44.4 Å². The van der Waals surface area contributed by atoms with Crippen molar-refractivity contribution in [2.24, 2.45) is 5.73 Å². The Labute approximate surface area is 197 Å². The van der Waals surface area contributed by atoms with Gasteiger partial charge in [-0.2, -0.15) is 0 Å². The summed E-state index contributed by atoms with van der Waals surface area (Å²) in [6.07, 6.45) is 20.4. The number of aliphatic hydroxyl groups excluding tert-OH is 2. The fourth-order valence-electron chi connectivity index (χ4n) is 3.53. The molecule has 0 saturated carbocycles. The predicted octanol–water partition coefficient (Wildman–Crippen LogP) is 3.97. The minimum atomic E-state index is -3.90. The molecule has 31 heavy (non-hydrogen) atoms. The monoisotopic (exact) mass is 509 g/mol. The molecule has 1 rings (SSSR count). The molecule has 0 aliphatic carbocycles. The van der Waals surface area contributed by atoms with Gasteiger partial charge >= 0.3 is 146 Å². The molecular formula is C24H42GaNO4S. The molecule has 1 aliphatic heterocycles. The zero-order valence-electron chi connectivity index (χ0n) is 19.4. The van der Waals surface area contributed by atoms with E-state index in [1.54, 1.807) is 12.2 Å². The van der Waals surface area contributed by atoms with Crippen LogP contribution in [0.5, 0.6) is 0 Å². The molecule has 1 heterocycles. The standard InChI is InChI=1S/C24H42NO4S.Ga/c1-4-5-6-7-8-9-10-11-12-13-14-15-16-19-22(26)23(25)24(27)30(28,29)20-17-18-21(2)3;/h2,16-19,22-24,26-27H,4-15,25H2,1,3H3;/b18-17?,19-16+,21-2?;/t22-,23-,24?;/m1./s1. The zero-order chi connectivity index (χ0) is 23.1. The molecule has 0 bridgehead atoms. The van der Waals surface area contributed by atoms with Crippen molar-refractivity contribution in [3.63, 3.8) is 0 Å². The second kappa shape index (κ2) is 16.2. The third-order valence-corrected chi connectivity index (χ3v) is 12.8. The molecule has 0 saturated heterocycles. The van der Waals surface area contributed by atoms with Crippen LogP contribution < -0.4 is 5.73 Å². The van der Waals surface area contributed by atoms with E-state index in [-0.39, 0.29) is 3.40 Å².